The lowest BCUT2D eigenvalue weighted by Crippen LogP contribution is -2.53. The Kier molecular flexibility index (Phi) is 11.9. The van der Waals surface area contributed by atoms with Crippen molar-refractivity contribution in [1.29, 1.82) is 0 Å². The molecule has 3 rings (SSSR count). The summed E-state index contributed by atoms with van der Waals surface area (Å²) in [5, 5.41) is 4.08. The number of amides is 2. The number of ether oxygens (including phenoxy) is 1. The van der Waals surface area contributed by atoms with Crippen LogP contribution in [0, 0.1) is 0 Å². The number of hydrogen-bond acceptors (Lipinski definition) is 5. The molecule has 226 valence electrons. The first-order chi connectivity index (χ1) is 19.9. The maximum absolute atomic E-state index is 14.1. The summed E-state index contributed by atoms with van der Waals surface area (Å²) in [6.45, 7) is 4.97. The van der Waals surface area contributed by atoms with E-state index in [-0.39, 0.29) is 35.5 Å². The summed E-state index contributed by atoms with van der Waals surface area (Å²) in [6, 6.07) is 15.8. The van der Waals surface area contributed by atoms with E-state index in [4.69, 9.17) is 39.5 Å². The Balaban J connectivity index is 2.08. The molecule has 0 radical (unpaired) electrons. The second kappa shape index (κ2) is 15.0. The maximum Gasteiger partial charge on any atom is 0.264 e. The number of nitrogens with zero attached hydrogens (tertiary/aromatic N) is 2. The van der Waals surface area contributed by atoms with Gasteiger partial charge in [-0.1, -0.05) is 54.7 Å². The average molecular weight is 655 g/mol. The van der Waals surface area contributed by atoms with Crippen molar-refractivity contribution in [2.24, 2.45) is 0 Å². The van der Waals surface area contributed by atoms with Gasteiger partial charge in [-0.3, -0.25) is 13.9 Å². The smallest absolute Gasteiger partial charge is 0.264 e. The Morgan fingerprint density at radius 3 is 2.07 bits per heavy atom. The van der Waals surface area contributed by atoms with Crippen LogP contribution in [-0.2, 0) is 26.2 Å². The monoisotopic (exact) mass is 653 g/mol. The van der Waals surface area contributed by atoms with Crippen molar-refractivity contribution in [3.63, 3.8) is 0 Å². The number of carbonyl (C=O) groups is 2. The molecule has 0 fully saturated rings. The fourth-order valence-corrected chi connectivity index (χ4v) is 6.21. The standard InChI is InChI=1S/C30H34Cl3N3O5S/c1-5-20(3)34-30(38)28(6-2)35(18-21-7-8-23(32)17-27(21)33)29(37)19-36(24-11-9-22(31)10-12-24)42(39,40)26-15-13-25(41-4)14-16-26/h7-17,20,28H,5-6,18-19H2,1-4H3,(H,34,38). The third kappa shape index (κ3) is 8.31. The summed E-state index contributed by atoms with van der Waals surface area (Å²) in [6.07, 6.45) is 0.981. The van der Waals surface area contributed by atoms with E-state index in [1.54, 1.807) is 25.1 Å². The predicted octanol–water partition coefficient (Wildman–Crippen LogP) is 6.57. The quantitative estimate of drug-likeness (QED) is 0.225. The molecular weight excluding hydrogens is 621 g/mol. The first-order valence-electron chi connectivity index (χ1n) is 13.4. The number of carbonyl (C=O) groups excluding carboxylic acids is 2. The molecule has 2 atom stereocenters. The van der Waals surface area contributed by atoms with E-state index in [9.17, 15) is 18.0 Å². The lowest BCUT2D eigenvalue weighted by Gasteiger charge is -2.34. The summed E-state index contributed by atoms with van der Waals surface area (Å²) in [5.41, 5.74) is 0.783. The Bertz CT molecular complexity index is 1490. The SMILES string of the molecule is CCC(C)NC(=O)C(CC)N(Cc1ccc(Cl)cc1Cl)C(=O)CN(c1ccc(Cl)cc1)S(=O)(=O)c1ccc(OC)cc1. The van der Waals surface area contributed by atoms with E-state index in [1.165, 1.54) is 60.5 Å². The molecule has 0 spiro atoms. The Hall–Kier alpha value is -2.98. The van der Waals surface area contributed by atoms with E-state index in [0.29, 0.717) is 32.8 Å². The molecule has 3 aromatic rings. The van der Waals surface area contributed by atoms with Crippen LogP contribution in [0.1, 0.15) is 39.2 Å². The van der Waals surface area contributed by atoms with Crippen LogP contribution in [0.25, 0.3) is 0 Å². The van der Waals surface area contributed by atoms with Crippen molar-refractivity contribution in [3.8, 4) is 5.75 Å². The van der Waals surface area contributed by atoms with Gasteiger partial charge < -0.3 is 15.0 Å². The number of anilines is 1. The molecule has 0 aliphatic heterocycles. The van der Waals surface area contributed by atoms with E-state index < -0.39 is 28.5 Å². The molecule has 0 saturated carbocycles. The highest BCUT2D eigenvalue weighted by Crippen LogP contribution is 2.28. The van der Waals surface area contributed by atoms with Gasteiger partial charge in [0.25, 0.3) is 10.0 Å². The fourth-order valence-electron chi connectivity index (χ4n) is 4.21. The first-order valence-corrected chi connectivity index (χ1v) is 15.9. The summed E-state index contributed by atoms with van der Waals surface area (Å²) in [5.74, 6) is -0.465. The van der Waals surface area contributed by atoms with Gasteiger partial charge in [-0.15, -0.1) is 0 Å². The number of halogens is 3. The minimum atomic E-state index is -4.24. The molecule has 2 unspecified atom stereocenters. The zero-order valence-corrected chi connectivity index (χ0v) is 26.9. The van der Waals surface area contributed by atoms with Gasteiger partial charge in [-0.25, -0.2) is 8.42 Å². The normalized spacial score (nSPS) is 12.7. The number of nitrogens with one attached hydrogen (secondary N) is 1. The van der Waals surface area contributed by atoms with Crippen LogP contribution in [0.2, 0.25) is 15.1 Å². The topological polar surface area (TPSA) is 96.0 Å². The minimum Gasteiger partial charge on any atom is -0.497 e. The molecule has 1 N–H and O–H groups in total. The molecule has 2 amide bonds. The third-order valence-electron chi connectivity index (χ3n) is 6.78. The summed E-state index contributed by atoms with van der Waals surface area (Å²) < 4.78 is 34.1. The van der Waals surface area contributed by atoms with Gasteiger partial charge in [0.1, 0.15) is 18.3 Å². The molecule has 42 heavy (non-hydrogen) atoms. The van der Waals surface area contributed by atoms with Gasteiger partial charge in [0.15, 0.2) is 0 Å². The van der Waals surface area contributed by atoms with Crippen LogP contribution >= 0.6 is 34.8 Å². The van der Waals surface area contributed by atoms with Gasteiger partial charge in [-0.05, 0) is 86.0 Å². The average Bonchev–Trinajstić information content (AvgIpc) is 2.97. The van der Waals surface area contributed by atoms with Gasteiger partial charge in [0.05, 0.1) is 17.7 Å². The number of hydrogen-bond donors (Lipinski definition) is 1. The first kappa shape index (κ1) is 33.5. The molecular formula is C30H34Cl3N3O5S. The van der Waals surface area contributed by atoms with Gasteiger partial charge in [-0.2, -0.15) is 0 Å². The van der Waals surface area contributed by atoms with Crippen LogP contribution in [-0.4, -0.2) is 50.9 Å². The Morgan fingerprint density at radius 1 is 0.905 bits per heavy atom. The highest BCUT2D eigenvalue weighted by Gasteiger charge is 2.34. The second-order valence-electron chi connectivity index (χ2n) is 9.66. The van der Waals surface area contributed by atoms with Crippen molar-refractivity contribution in [2.45, 2.75) is 57.1 Å². The third-order valence-corrected chi connectivity index (χ3v) is 9.41. The van der Waals surface area contributed by atoms with Crippen molar-refractivity contribution in [2.75, 3.05) is 18.0 Å². The highest BCUT2D eigenvalue weighted by atomic mass is 35.5. The summed E-state index contributed by atoms with van der Waals surface area (Å²) in [4.78, 5) is 28.8. The van der Waals surface area contributed by atoms with Gasteiger partial charge in [0.2, 0.25) is 11.8 Å². The van der Waals surface area contributed by atoms with Gasteiger partial charge >= 0.3 is 0 Å². The van der Waals surface area contributed by atoms with E-state index >= 15 is 0 Å². The van der Waals surface area contributed by atoms with Crippen LogP contribution in [0.3, 0.4) is 0 Å². The predicted molar refractivity (Wildman–Crippen MR) is 168 cm³/mol. The van der Waals surface area contributed by atoms with Crippen LogP contribution in [0.4, 0.5) is 5.69 Å². The van der Waals surface area contributed by atoms with E-state index in [0.717, 1.165) is 4.31 Å². The molecule has 0 aliphatic rings. The molecule has 0 aromatic heterocycles. The van der Waals surface area contributed by atoms with Gasteiger partial charge in [0, 0.05) is 27.7 Å². The highest BCUT2D eigenvalue weighted by molar-refractivity contribution is 7.92. The van der Waals surface area contributed by atoms with Crippen LogP contribution in [0.5, 0.6) is 5.75 Å². The molecule has 0 bridgehead atoms. The second-order valence-corrected chi connectivity index (χ2v) is 12.8. The van der Waals surface area contributed by atoms with Crippen molar-refractivity contribution < 1.29 is 22.7 Å². The molecule has 0 aliphatic carbocycles. The van der Waals surface area contributed by atoms with Crippen molar-refractivity contribution in [3.05, 3.63) is 87.4 Å². The van der Waals surface area contributed by atoms with Crippen LogP contribution in [0.15, 0.2) is 71.6 Å². The summed E-state index contributed by atoms with van der Waals surface area (Å²) >= 11 is 18.6. The van der Waals surface area contributed by atoms with Crippen molar-refractivity contribution >= 4 is 62.3 Å². The Labute approximate surface area is 262 Å². The zero-order chi connectivity index (χ0) is 31.0. The zero-order valence-electron chi connectivity index (χ0n) is 23.8. The van der Waals surface area contributed by atoms with E-state index in [1.807, 2.05) is 13.8 Å². The fraction of sp³-hybridized carbons (Fsp3) is 0.333. The number of benzene rings is 3. The number of sulfonamides is 1. The minimum absolute atomic E-state index is 0.0418. The molecule has 0 saturated heterocycles. The molecule has 0 heterocycles. The molecule has 12 heteroatoms. The molecule has 8 nitrogen and oxygen atoms in total. The molecule has 3 aromatic carbocycles. The lowest BCUT2D eigenvalue weighted by molar-refractivity contribution is -0.140. The Morgan fingerprint density at radius 2 is 1.52 bits per heavy atom. The summed E-state index contributed by atoms with van der Waals surface area (Å²) in [7, 11) is -2.76. The van der Waals surface area contributed by atoms with Crippen LogP contribution < -0.4 is 14.4 Å². The largest absolute Gasteiger partial charge is 0.497 e. The van der Waals surface area contributed by atoms with E-state index in [2.05, 4.69) is 5.32 Å². The maximum atomic E-state index is 14.1. The number of methoxy groups -OCH3 is 1. The van der Waals surface area contributed by atoms with Crippen molar-refractivity contribution in [1.82, 2.24) is 10.2 Å². The number of rotatable bonds is 13. The lowest BCUT2D eigenvalue weighted by atomic mass is 10.1.